The maximum absolute atomic E-state index is 12.0. The fraction of sp³-hybridized carbons (Fsp3) is 0.462. The topological polar surface area (TPSA) is 98.3 Å². The van der Waals surface area contributed by atoms with E-state index >= 15 is 0 Å². The normalized spacial score (nSPS) is 15.8. The third-order valence-corrected chi connectivity index (χ3v) is 3.25. The molecule has 1 aromatic rings. The Hall–Kier alpha value is -2.11. The highest BCUT2D eigenvalue weighted by Crippen LogP contribution is 2.33. The van der Waals surface area contributed by atoms with Crippen molar-refractivity contribution in [3.05, 3.63) is 33.9 Å². The first kappa shape index (κ1) is 13.3. The monoisotopic (exact) mass is 263 g/mol. The number of nitro benzene ring substituents is 1. The van der Waals surface area contributed by atoms with E-state index in [4.69, 9.17) is 5.73 Å². The number of nitrogens with two attached hydrogens (primary N) is 1. The third-order valence-electron chi connectivity index (χ3n) is 3.25. The molecular formula is C13H17N3O3. The summed E-state index contributed by atoms with van der Waals surface area (Å²) in [5, 5.41) is 13.5. The lowest BCUT2D eigenvalue weighted by atomic mass is 10.1. The van der Waals surface area contributed by atoms with Crippen LogP contribution in [0.4, 0.5) is 11.4 Å². The predicted octanol–water partition coefficient (Wildman–Crippen LogP) is 2.10. The van der Waals surface area contributed by atoms with Gasteiger partial charge in [-0.05, 0) is 25.3 Å². The smallest absolute Gasteiger partial charge is 0.270 e. The summed E-state index contributed by atoms with van der Waals surface area (Å²) in [6.45, 7) is 1.93. The number of nitro groups is 1. The van der Waals surface area contributed by atoms with Crippen LogP contribution in [0.1, 0.15) is 36.5 Å². The van der Waals surface area contributed by atoms with Crippen LogP contribution in [-0.2, 0) is 0 Å². The lowest BCUT2D eigenvalue weighted by molar-refractivity contribution is -0.384. The molecule has 1 saturated carbocycles. The van der Waals surface area contributed by atoms with Crippen molar-refractivity contribution in [2.24, 2.45) is 5.92 Å². The third kappa shape index (κ3) is 3.43. The van der Waals surface area contributed by atoms with Crippen LogP contribution < -0.4 is 11.1 Å². The number of nitrogens with zero attached hydrogens (tertiary/aromatic N) is 1. The summed E-state index contributed by atoms with van der Waals surface area (Å²) in [7, 11) is 0. The number of hydrogen-bond acceptors (Lipinski definition) is 4. The van der Waals surface area contributed by atoms with E-state index < -0.39 is 4.92 Å². The highest BCUT2D eigenvalue weighted by atomic mass is 16.6. The number of carbonyl (C=O) groups excluding carboxylic acids is 1. The maximum Gasteiger partial charge on any atom is 0.270 e. The molecule has 1 aliphatic carbocycles. The molecule has 0 aliphatic heterocycles. The van der Waals surface area contributed by atoms with Crippen LogP contribution in [0.15, 0.2) is 18.2 Å². The number of anilines is 1. The van der Waals surface area contributed by atoms with E-state index in [1.807, 2.05) is 6.92 Å². The molecule has 1 unspecified atom stereocenters. The van der Waals surface area contributed by atoms with Crippen molar-refractivity contribution >= 4 is 17.3 Å². The molecule has 0 aromatic heterocycles. The summed E-state index contributed by atoms with van der Waals surface area (Å²) in [5.74, 6) is 0.354. The maximum atomic E-state index is 12.0. The second-order valence-corrected chi connectivity index (χ2v) is 5.08. The van der Waals surface area contributed by atoms with Crippen LogP contribution in [0.3, 0.4) is 0 Å². The van der Waals surface area contributed by atoms with Gasteiger partial charge >= 0.3 is 0 Å². The number of rotatable bonds is 5. The fourth-order valence-electron chi connectivity index (χ4n) is 2.07. The van der Waals surface area contributed by atoms with Gasteiger partial charge < -0.3 is 11.1 Å². The van der Waals surface area contributed by atoms with Crippen molar-refractivity contribution in [1.29, 1.82) is 0 Å². The zero-order valence-corrected chi connectivity index (χ0v) is 10.8. The van der Waals surface area contributed by atoms with E-state index in [1.54, 1.807) is 0 Å². The van der Waals surface area contributed by atoms with Gasteiger partial charge in [-0.3, -0.25) is 14.9 Å². The van der Waals surface area contributed by atoms with Gasteiger partial charge in [0.05, 0.1) is 10.5 Å². The Labute approximate surface area is 111 Å². The van der Waals surface area contributed by atoms with Crippen LogP contribution in [0.25, 0.3) is 0 Å². The second-order valence-electron chi connectivity index (χ2n) is 5.08. The SMILES string of the molecule is CC(CC1CC1)NC(=O)c1cc([N+](=O)[O-])ccc1N. The van der Waals surface area contributed by atoms with Crippen molar-refractivity contribution in [1.82, 2.24) is 5.32 Å². The lowest BCUT2D eigenvalue weighted by Gasteiger charge is -2.14. The Morgan fingerprint density at radius 3 is 2.84 bits per heavy atom. The van der Waals surface area contributed by atoms with Crippen LogP contribution in [-0.4, -0.2) is 16.9 Å². The predicted molar refractivity (Wildman–Crippen MR) is 71.8 cm³/mol. The average molecular weight is 263 g/mol. The molecule has 1 aliphatic rings. The number of carbonyl (C=O) groups is 1. The highest BCUT2D eigenvalue weighted by Gasteiger charge is 2.25. The highest BCUT2D eigenvalue weighted by molar-refractivity contribution is 5.99. The molecule has 2 rings (SSSR count). The van der Waals surface area contributed by atoms with Crippen molar-refractivity contribution in [3.63, 3.8) is 0 Å². The first-order chi connectivity index (χ1) is 8.97. The number of amides is 1. The Morgan fingerprint density at radius 1 is 1.58 bits per heavy atom. The zero-order valence-electron chi connectivity index (χ0n) is 10.8. The Morgan fingerprint density at radius 2 is 2.26 bits per heavy atom. The van der Waals surface area contributed by atoms with Crippen LogP contribution in [0.5, 0.6) is 0 Å². The van der Waals surface area contributed by atoms with E-state index in [0.29, 0.717) is 5.92 Å². The molecule has 6 heteroatoms. The molecular weight excluding hydrogens is 246 g/mol. The zero-order chi connectivity index (χ0) is 14.0. The first-order valence-electron chi connectivity index (χ1n) is 6.32. The molecule has 102 valence electrons. The van der Waals surface area contributed by atoms with Gasteiger partial charge in [0.2, 0.25) is 0 Å². The largest absolute Gasteiger partial charge is 0.398 e. The quantitative estimate of drug-likeness (QED) is 0.482. The molecule has 1 fully saturated rings. The average Bonchev–Trinajstić information content (AvgIpc) is 3.12. The van der Waals surface area contributed by atoms with Crippen LogP contribution in [0, 0.1) is 16.0 Å². The minimum absolute atomic E-state index is 0.0543. The number of hydrogen-bond donors (Lipinski definition) is 2. The summed E-state index contributed by atoms with van der Waals surface area (Å²) >= 11 is 0. The fourth-order valence-corrected chi connectivity index (χ4v) is 2.07. The summed E-state index contributed by atoms with van der Waals surface area (Å²) in [6, 6.07) is 3.95. The van der Waals surface area contributed by atoms with E-state index in [1.165, 1.54) is 31.0 Å². The summed E-state index contributed by atoms with van der Waals surface area (Å²) in [6.07, 6.45) is 3.39. The van der Waals surface area contributed by atoms with Crippen molar-refractivity contribution < 1.29 is 9.72 Å². The van der Waals surface area contributed by atoms with Crippen molar-refractivity contribution in [3.8, 4) is 0 Å². The Balaban J connectivity index is 2.08. The Kier molecular flexibility index (Phi) is 3.69. The Bertz CT molecular complexity index is 512. The minimum Gasteiger partial charge on any atom is -0.398 e. The van der Waals surface area contributed by atoms with E-state index in [0.717, 1.165) is 6.42 Å². The summed E-state index contributed by atoms with van der Waals surface area (Å²) in [4.78, 5) is 22.2. The van der Waals surface area contributed by atoms with E-state index in [-0.39, 0.29) is 28.9 Å². The number of nitrogen functional groups attached to an aromatic ring is 1. The molecule has 1 aromatic carbocycles. The molecule has 0 saturated heterocycles. The van der Waals surface area contributed by atoms with Gasteiger partial charge in [-0.2, -0.15) is 0 Å². The van der Waals surface area contributed by atoms with Gasteiger partial charge in [-0.1, -0.05) is 12.8 Å². The lowest BCUT2D eigenvalue weighted by Crippen LogP contribution is -2.33. The van der Waals surface area contributed by atoms with Gasteiger partial charge in [0.15, 0.2) is 0 Å². The molecule has 19 heavy (non-hydrogen) atoms. The molecule has 0 spiro atoms. The molecule has 6 nitrogen and oxygen atoms in total. The molecule has 3 N–H and O–H groups in total. The minimum atomic E-state index is -0.538. The van der Waals surface area contributed by atoms with Gasteiger partial charge in [-0.25, -0.2) is 0 Å². The number of benzene rings is 1. The number of non-ortho nitro benzene ring substituents is 1. The molecule has 1 atom stereocenters. The van der Waals surface area contributed by atoms with Crippen LogP contribution in [0.2, 0.25) is 0 Å². The molecule has 0 heterocycles. The van der Waals surface area contributed by atoms with E-state index in [2.05, 4.69) is 5.32 Å². The van der Waals surface area contributed by atoms with Gasteiger partial charge in [0, 0.05) is 23.9 Å². The van der Waals surface area contributed by atoms with Crippen molar-refractivity contribution in [2.75, 3.05) is 5.73 Å². The van der Waals surface area contributed by atoms with Gasteiger partial charge in [-0.15, -0.1) is 0 Å². The molecule has 0 radical (unpaired) electrons. The molecule has 1 amide bonds. The van der Waals surface area contributed by atoms with Gasteiger partial charge in [0.1, 0.15) is 0 Å². The first-order valence-corrected chi connectivity index (χ1v) is 6.32. The standard InChI is InChI=1S/C13H17N3O3/c1-8(6-9-2-3-9)15-13(17)11-7-10(16(18)19)4-5-12(11)14/h4-5,7-9H,2-3,6,14H2,1H3,(H,15,17). The van der Waals surface area contributed by atoms with E-state index in [9.17, 15) is 14.9 Å². The summed E-state index contributed by atoms with van der Waals surface area (Å²) < 4.78 is 0. The van der Waals surface area contributed by atoms with Crippen molar-refractivity contribution in [2.45, 2.75) is 32.2 Å². The van der Waals surface area contributed by atoms with Crippen LogP contribution >= 0.6 is 0 Å². The summed E-state index contributed by atoms with van der Waals surface area (Å²) in [5.41, 5.74) is 5.98. The second kappa shape index (κ2) is 5.26. The number of nitrogens with one attached hydrogen (secondary N) is 1. The molecule has 0 bridgehead atoms. The van der Waals surface area contributed by atoms with Gasteiger partial charge in [0.25, 0.3) is 11.6 Å².